The van der Waals surface area contributed by atoms with Gasteiger partial charge in [0.15, 0.2) is 5.65 Å². The van der Waals surface area contributed by atoms with E-state index in [0.29, 0.717) is 0 Å². The fraction of sp³-hybridized carbons (Fsp3) is 0.143. The van der Waals surface area contributed by atoms with Crippen molar-refractivity contribution in [3.05, 3.63) is 84.1 Å². The van der Waals surface area contributed by atoms with Crippen LogP contribution in [0.4, 0.5) is 0 Å². The lowest BCUT2D eigenvalue weighted by Gasteiger charge is -2.05. The molecule has 2 heterocycles. The highest BCUT2D eigenvalue weighted by atomic mass is 15.1. The molecule has 0 radical (unpaired) electrons. The summed E-state index contributed by atoms with van der Waals surface area (Å²) in [7, 11) is 2.01. The summed E-state index contributed by atoms with van der Waals surface area (Å²) in [6.45, 7) is 0. The van der Waals surface area contributed by atoms with Gasteiger partial charge in [0.2, 0.25) is 0 Å². The number of imidazole rings is 1. The molecule has 4 rings (SSSR count). The van der Waals surface area contributed by atoms with Crippen molar-refractivity contribution in [2.45, 2.75) is 12.8 Å². The van der Waals surface area contributed by atoms with Crippen molar-refractivity contribution in [3.8, 4) is 11.4 Å². The molecule has 0 saturated carbocycles. The number of aryl methyl sites for hydroxylation is 3. The third-order valence-corrected chi connectivity index (χ3v) is 4.39. The minimum atomic E-state index is 0.917. The molecule has 0 spiro atoms. The molecule has 0 aliphatic rings. The quantitative estimate of drug-likeness (QED) is 0.558. The van der Waals surface area contributed by atoms with E-state index in [1.807, 2.05) is 23.7 Å². The molecule has 0 unspecified atom stereocenters. The number of fused-ring (bicyclic) bond motifs is 1. The molecule has 3 heteroatoms. The van der Waals surface area contributed by atoms with Crippen LogP contribution in [0.3, 0.4) is 0 Å². The Morgan fingerprint density at radius 2 is 1.50 bits per heavy atom. The van der Waals surface area contributed by atoms with Crippen molar-refractivity contribution in [3.63, 3.8) is 0 Å². The Balaban J connectivity index is 1.55. The molecule has 24 heavy (non-hydrogen) atoms. The lowest BCUT2D eigenvalue weighted by Crippen LogP contribution is -1.95. The van der Waals surface area contributed by atoms with Crippen LogP contribution in [0.15, 0.2) is 72.9 Å². The molecule has 0 bridgehead atoms. The highest BCUT2D eigenvalue weighted by Gasteiger charge is 2.10. The van der Waals surface area contributed by atoms with Gasteiger partial charge in [-0.05, 0) is 36.1 Å². The molecule has 2 aromatic carbocycles. The lowest BCUT2D eigenvalue weighted by molar-refractivity contribution is 0.939. The molecular formula is C21H19N3. The van der Waals surface area contributed by atoms with E-state index in [9.17, 15) is 0 Å². The smallest absolute Gasteiger partial charge is 0.159 e. The molecule has 0 saturated heterocycles. The van der Waals surface area contributed by atoms with Gasteiger partial charge in [0, 0.05) is 18.8 Å². The third kappa shape index (κ3) is 2.81. The van der Waals surface area contributed by atoms with Crippen molar-refractivity contribution in [1.29, 1.82) is 0 Å². The van der Waals surface area contributed by atoms with E-state index in [4.69, 9.17) is 4.98 Å². The zero-order chi connectivity index (χ0) is 16.4. The molecule has 3 nitrogen and oxygen atoms in total. The first kappa shape index (κ1) is 14.6. The second kappa shape index (κ2) is 6.28. The van der Waals surface area contributed by atoms with E-state index in [-0.39, 0.29) is 0 Å². The third-order valence-electron chi connectivity index (χ3n) is 4.39. The van der Waals surface area contributed by atoms with E-state index in [2.05, 4.69) is 59.6 Å². The Morgan fingerprint density at radius 1 is 0.792 bits per heavy atom. The van der Waals surface area contributed by atoms with E-state index in [1.165, 1.54) is 11.1 Å². The van der Waals surface area contributed by atoms with Gasteiger partial charge in [-0.2, -0.15) is 0 Å². The van der Waals surface area contributed by atoms with Crippen LogP contribution in [-0.2, 0) is 19.9 Å². The predicted molar refractivity (Wildman–Crippen MR) is 97.8 cm³/mol. The maximum Gasteiger partial charge on any atom is 0.159 e. The minimum absolute atomic E-state index is 0.917. The first-order valence-corrected chi connectivity index (χ1v) is 8.22. The summed E-state index contributed by atoms with van der Waals surface area (Å²) in [6, 6.07) is 23.2. The summed E-state index contributed by atoms with van der Waals surface area (Å²) in [5.74, 6) is 0.957. The molecule has 2 aromatic heterocycles. The number of nitrogens with zero attached hydrogens (tertiary/aromatic N) is 3. The number of benzene rings is 2. The fourth-order valence-corrected chi connectivity index (χ4v) is 3.04. The summed E-state index contributed by atoms with van der Waals surface area (Å²) in [5.41, 5.74) is 5.70. The van der Waals surface area contributed by atoms with Gasteiger partial charge in [0.1, 0.15) is 11.3 Å². The number of rotatable bonds is 4. The van der Waals surface area contributed by atoms with Gasteiger partial charge in [-0.1, -0.05) is 54.6 Å². The van der Waals surface area contributed by atoms with Crippen molar-refractivity contribution < 1.29 is 0 Å². The van der Waals surface area contributed by atoms with Crippen LogP contribution in [0.2, 0.25) is 0 Å². The second-order valence-corrected chi connectivity index (χ2v) is 6.02. The number of hydrogen-bond acceptors (Lipinski definition) is 2. The van der Waals surface area contributed by atoms with Crippen molar-refractivity contribution >= 4 is 11.2 Å². The second-order valence-electron chi connectivity index (χ2n) is 6.02. The van der Waals surface area contributed by atoms with Crippen LogP contribution in [-0.4, -0.2) is 14.5 Å². The summed E-state index contributed by atoms with van der Waals surface area (Å²) in [5, 5.41) is 0. The van der Waals surface area contributed by atoms with Crippen molar-refractivity contribution in [1.82, 2.24) is 14.5 Å². The number of hydrogen-bond donors (Lipinski definition) is 0. The predicted octanol–water partition coefficient (Wildman–Crippen LogP) is 4.42. The van der Waals surface area contributed by atoms with E-state index >= 15 is 0 Å². The summed E-state index contributed by atoms with van der Waals surface area (Å²) < 4.78 is 2.05. The largest absolute Gasteiger partial charge is 0.312 e. The average Bonchev–Trinajstić information content (AvgIpc) is 2.98. The SMILES string of the molecule is Cn1c(-c2ccc(CCc3ccccc3)cc2)nc2cccnc21. The summed E-state index contributed by atoms with van der Waals surface area (Å²) in [6.07, 6.45) is 3.92. The van der Waals surface area contributed by atoms with Gasteiger partial charge < -0.3 is 4.57 Å². The lowest BCUT2D eigenvalue weighted by atomic mass is 10.0. The molecule has 118 valence electrons. The zero-order valence-electron chi connectivity index (χ0n) is 13.7. The number of pyridine rings is 1. The maximum atomic E-state index is 4.71. The molecule has 4 aromatic rings. The molecule has 0 N–H and O–H groups in total. The van der Waals surface area contributed by atoms with Crippen LogP contribution in [0, 0.1) is 0 Å². The highest BCUT2D eigenvalue weighted by molar-refractivity contribution is 5.76. The fourth-order valence-electron chi connectivity index (χ4n) is 3.04. The standard InChI is InChI=1S/C21H19N3/c1-24-20(23-19-8-5-15-22-21(19)24)18-13-11-17(12-14-18)10-9-16-6-3-2-4-7-16/h2-8,11-15H,9-10H2,1H3. The van der Waals surface area contributed by atoms with E-state index in [1.54, 1.807) is 6.20 Å². The Kier molecular flexibility index (Phi) is 3.83. The van der Waals surface area contributed by atoms with E-state index < -0.39 is 0 Å². The van der Waals surface area contributed by atoms with Crippen LogP contribution in [0.1, 0.15) is 11.1 Å². The van der Waals surface area contributed by atoms with E-state index in [0.717, 1.165) is 35.4 Å². The van der Waals surface area contributed by atoms with Crippen molar-refractivity contribution in [2.24, 2.45) is 7.05 Å². The number of aromatic nitrogens is 3. The monoisotopic (exact) mass is 313 g/mol. The van der Waals surface area contributed by atoms with Gasteiger partial charge >= 0.3 is 0 Å². The van der Waals surface area contributed by atoms with Crippen LogP contribution < -0.4 is 0 Å². The molecule has 0 amide bonds. The van der Waals surface area contributed by atoms with Gasteiger partial charge in [-0.3, -0.25) is 0 Å². The Morgan fingerprint density at radius 3 is 2.21 bits per heavy atom. The molecule has 0 aliphatic heterocycles. The van der Waals surface area contributed by atoms with Crippen LogP contribution >= 0.6 is 0 Å². The molecule has 0 fully saturated rings. The Bertz CT molecular complexity index is 953. The van der Waals surface area contributed by atoms with Crippen LogP contribution in [0.5, 0.6) is 0 Å². The van der Waals surface area contributed by atoms with Crippen LogP contribution in [0.25, 0.3) is 22.6 Å². The van der Waals surface area contributed by atoms with Gasteiger partial charge in [-0.15, -0.1) is 0 Å². The Labute approximate surface area is 141 Å². The summed E-state index contributed by atoms with van der Waals surface area (Å²) >= 11 is 0. The summed E-state index contributed by atoms with van der Waals surface area (Å²) in [4.78, 5) is 9.11. The molecule has 0 aliphatic carbocycles. The minimum Gasteiger partial charge on any atom is -0.312 e. The first-order chi connectivity index (χ1) is 11.8. The highest BCUT2D eigenvalue weighted by Crippen LogP contribution is 2.23. The first-order valence-electron chi connectivity index (χ1n) is 8.22. The van der Waals surface area contributed by atoms with Crippen molar-refractivity contribution in [2.75, 3.05) is 0 Å². The molecular weight excluding hydrogens is 294 g/mol. The Hall–Kier alpha value is -2.94. The maximum absolute atomic E-state index is 4.71. The normalized spacial score (nSPS) is 11.0. The zero-order valence-corrected chi connectivity index (χ0v) is 13.7. The molecule has 0 atom stereocenters. The topological polar surface area (TPSA) is 30.7 Å². The van der Waals surface area contributed by atoms with Gasteiger partial charge in [0.05, 0.1) is 0 Å². The van der Waals surface area contributed by atoms with Gasteiger partial charge in [-0.25, -0.2) is 9.97 Å². The van der Waals surface area contributed by atoms with Gasteiger partial charge in [0.25, 0.3) is 0 Å². The average molecular weight is 313 g/mol.